The predicted molar refractivity (Wildman–Crippen MR) is 78.3 cm³/mol. The van der Waals surface area contributed by atoms with Crippen molar-refractivity contribution in [2.45, 2.75) is 71.1 Å². The van der Waals surface area contributed by atoms with E-state index in [-0.39, 0.29) is 36.6 Å². The summed E-state index contributed by atoms with van der Waals surface area (Å²) in [5, 5.41) is 12.9. The monoisotopic (exact) mass is 283 g/mol. The van der Waals surface area contributed by atoms with Crippen LogP contribution < -0.4 is 5.32 Å². The molecule has 0 aromatic carbocycles. The fourth-order valence-electron chi connectivity index (χ4n) is 3.70. The highest BCUT2D eigenvalue weighted by Gasteiger charge is 2.44. The van der Waals surface area contributed by atoms with Crippen molar-refractivity contribution in [3.8, 4) is 0 Å². The lowest BCUT2D eigenvalue weighted by Crippen LogP contribution is -2.56. The van der Waals surface area contributed by atoms with Crippen molar-refractivity contribution in [2.75, 3.05) is 6.61 Å². The molecule has 4 unspecified atom stereocenters. The molecule has 4 nitrogen and oxygen atoms in total. The van der Waals surface area contributed by atoms with Gasteiger partial charge in [0.05, 0.1) is 30.3 Å². The summed E-state index contributed by atoms with van der Waals surface area (Å²) in [7, 11) is 0. The highest BCUT2D eigenvalue weighted by Crippen LogP contribution is 2.35. The summed E-state index contributed by atoms with van der Waals surface area (Å²) in [6.45, 7) is 8.35. The Kier molecular flexibility index (Phi) is 4.75. The van der Waals surface area contributed by atoms with E-state index in [0.717, 1.165) is 25.7 Å². The first-order chi connectivity index (χ1) is 9.38. The van der Waals surface area contributed by atoms with Crippen molar-refractivity contribution < 1.29 is 14.6 Å². The SMILES string of the molecule is CC1CCC(CO)(NC(=O)C2C(C)OC(C)C2C)CC1. The third kappa shape index (κ3) is 3.01. The lowest BCUT2D eigenvalue weighted by atomic mass is 9.77. The van der Waals surface area contributed by atoms with E-state index >= 15 is 0 Å². The van der Waals surface area contributed by atoms with E-state index in [4.69, 9.17) is 4.74 Å². The third-order valence-corrected chi connectivity index (χ3v) is 5.47. The van der Waals surface area contributed by atoms with Gasteiger partial charge in [0.2, 0.25) is 5.91 Å². The molecule has 2 rings (SSSR count). The van der Waals surface area contributed by atoms with E-state index in [1.54, 1.807) is 0 Å². The molecule has 1 heterocycles. The minimum absolute atomic E-state index is 0.0390. The van der Waals surface area contributed by atoms with E-state index in [0.29, 0.717) is 5.92 Å². The molecular formula is C16H29NO3. The molecule has 4 heteroatoms. The Labute approximate surface area is 122 Å². The van der Waals surface area contributed by atoms with E-state index in [1.807, 2.05) is 13.8 Å². The van der Waals surface area contributed by atoms with Crippen molar-refractivity contribution in [3.63, 3.8) is 0 Å². The lowest BCUT2D eigenvalue weighted by molar-refractivity contribution is -0.130. The first kappa shape index (κ1) is 15.8. The summed E-state index contributed by atoms with van der Waals surface area (Å²) < 4.78 is 5.76. The van der Waals surface area contributed by atoms with Crippen LogP contribution in [0.5, 0.6) is 0 Å². The fraction of sp³-hybridized carbons (Fsp3) is 0.938. The smallest absolute Gasteiger partial charge is 0.226 e. The van der Waals surface area contributed by atoms with Crippen LogP contribution in [0.15, 0.2) is 0 Å². The molecule has 2 aliphatic rings. The topological polar surface area (TPSA) is 58.6 Å². The lowest BCUT2D eigenvalue weighted by Gasteiger charge is -2.39. The molecule has 2 fully saturated rings. The Balaban J connectivity index is 2.02. The van der Waals surface area contributed by atoms with Gasteiger partial charge in [0.1, 0.15) is 0 Å². The van der Waals surface area contributed by atoms with E-state index in [1.165, 1.54) is 0 Å². The van der Waals surface area contributed by atoms with Gasteiger partial charge in [-0.2, -0.15) is 0 Å². The maximum atomic E-state index is 12.6. The number of amides is 1. The highest BCUT2D eigenvalue weighted by molar-refractivity contribution is 5.80. The van der Waals surface area contributed by atoms with Crippen molar-refractivity contribution in [1.82, 2.24) is 5.32 Å². The molecule has 1 aliphatic heterocycles. The first-order valence-corrected chi connectivity index (χ1v) is 7.97. The van der Waals surface area contributed by atoms with E-state index < -0.39 is 5.54 Å². The fourth-order valence-corrected chi connectivity index (χ4v) is 3.70. The highest BCUT2D eigenvalue weighted by atomic mass is 16.5. The second-order valence-corrected chi connectivity index (χ2v) is 7.04. The van der Waals surface area contributed by atoms with Gasteiger partial charge in [-0.3, -0.25) is 4.79 Å². The number of hydrogen-bond acceptors (Lipinski definition) is 3. The average Bonchev–Trinajstić information content (AvgIpc) is 2.66. The van der Waals surface area contributed by atoms with Gasteiger partial charge in [0.25, 0.3) is 0 Å². The number of ether oxygens (including phenoxy) is 1. The molecule has 1 amide bonds. The molecule has 1 saturated carbocycles. The molecule has 20 heavy (non-hydrogen) atoms. The van der Waals surface area contributed by atoms with Gasteiger partial charge >= 0.3 is 0 Å². The van der Waals surface area contributed by atoms with E-state index in [2.05, 4.69) is 19.2 Å². The van der Waals surface area contributed by atoms with Crippen LogP contribution >= 0.6 is 0 Å². The van der Waals surface area contributed by atoms with Crippen LogP contribution in [-0.4, -0.2) is 35.4 Å². The largest absolute Gasteiger partial charge is 0.394 e. The summed E-state index contributed by atoms with van der Waals surface area (Å²) >= 11 is 0. The normalized spacial score (nSPS) is 45.4. The number of nitrogens with one attached hydrogen (secondary N) is 1. The molecule has 0 aromatic rings. The van der Waals surface area contributed by atoms with Gasteiger partial charge in [-0.1, -0.05) is 13.8 Å². The van der Waals surface area contributed by atoms with Crippen LogP contribution in [0.4, 0.5) is 0 Å². The first-order valence-electron chi connectivity index (χ1n) is 7.97. The molecule has 0 aromatic heterocycles. The van der Waals surface area contributed by atoms with E-state index in [9.17, 15) is 9.90 Å². The summed E-state index contributed by atoms with van der Waals surface area (Å²) in [6.07, 6.45) is 3.98. The minimum Gasteiger partial charge on any atom is -0.394 e. The number of aliphatic hydroxyl groups is 1. The molecule has 1 saturated heterocycles. The summed E-state index contributed by atoms with van der Waals surface area (Å²) in [5.41, 5.74) is -0.408. The van der Waals surface area contributed by atoms with Gasteiger partial charge in [0.15, 0.2) is 0 Å². The van der Waals surface area contributed by atoms with Crippen molar-refractivity contribution in [3.05, 3.63) is 0 Å². The molecule has 2 N–H and O–H groups in total. The van der Waals surface area contributed by atoms with Gasteiger partial charge in [-0.05, 0) is 51.4 Å². The summed E-state index contributed by atoms with van der Waals surface area (Å²) in [6, 6.07) is 0. The van der Waals surface area contributed by atoms with Gasteiger partial charge in [-0.15, -0.1) is 0 Å². The standard InChI is InChI=1S/C16H29NO3/c1-10-5-7-16(9-18,8-6-10)17-15(19)14-11(2)12(3)20-13(14)4/h10-14,18H,5-9H2,1-4H3,(H,17,19). The predicted octanol–water partition coefficient (Wildman–Crippen LogP) is 2.10. The van der Waals surface area contributed by atoms with Gasteiger partial charge in [-0.25, -0.2) is 0 Å². The molecule has 116 valence electrons. The maximum Gasteiger partial charge on any atom is 0.226 e. The Morgan fingerprint density at radius 1 is 1.20 bits per heavy atom. The van der Waals surface area contributed by atoms with Crippen molar-refractivity contribution >= 4 is 5.91 Å². The van der Waals surface area contributed by atoms with Crippen LogP contribution in [-0.2, 0) is 9.53 Å². The number of rotatable bonds is 3. The summed E-state index contributed by atoms with van der Waals surface area (Å²) in [5.74, 6) is 0.869. The molecule has 4 atom stereocenters. The summed E-state index contributed by atoms with van der Waals surface area (Å²) in [4.78, 5) is 12.6. The zero-order valence-electron chi connectivity index (χ0n) is 13.2. The second-order valence-electron chi connectivity index (χ2n) is 7.04. The second kappa shape index (κ2) is 6.02. The number of carbonyl (C=O) groups excluding carboxylic acids is 1. The minimum atomic E-state index is -0.408. The quantitative estimate of drug-likeness (QED) is 0.834. The zero-order valence-corrected chi connectivity index (χ0v) is 13.2. The Bertz CT molecular complexity index is 350. The van der Waals surface area contributed by atoms with Crippen LogP contribution in [0.2, 0.25) is 0 Å². The molecule has 0 radical (unpaired) electrons. The molecule has 1 aliphatic carbocycles. The molecular weight excluding hydrogens is 254 g/mol. The van der Waals surface area contributed by atoms with Crippen LogP contribution in [0.3, 0.4) is 0 Å². The molecule has 0 spiro atoms. The van der Waals surface area contributed by atoms with Crippen LogP contribution in [0.1, 0.15) is 53.4 Å². The maximum absolute atomic E-state index is 12.6. The van der Waals surface area contributed by atoms with Gasteiger partial charge < -0.3 is 15.2 Å². The van der Waals surface area contributed by atoms with Crippen LogP contribution in [0, 0.1) is 17.8 Å². The third-order valence-electron chi connectivity index (χ3n) is 5.47. The molecule has 0 bridgehead atoms. The van der Waals surface area contributed by atoms with Crippen molar-refractivity contribution in [2.24, 2.45) is 17.8 Å². The Morgan fingerprint density at radius 2 is 1.80 bits per heavy atom. The van der Waals surface area contributed by atoms with Crippen molar-refractivity contribution in [1.29, 1.82) is 0 Å². The Hall–Kier alpha value is -0.610. The van der Waals surface area contributed by atoms with Crippen LogP contribution in [0.25, 0.3) is 0 Å². The van der Waals surface area contributed by atoms with Gasteiger partial charge in [0, 0.05) is 0 Å². The number of carbonyl (C=O) groups is 1. The number of hydrogen-bond donors (Lipinski definition) is 2. The Morgan fingerprint density at radius 3 is 2.25 bits per heavy atom. The zero-order chi connectivity index (χ0) is 14.9. The number of aliphatic hydroxyl groups excluding tert-OH is 1. The average molecular weight is 283 g/mol.